The molecule has 0 bridgehead atoms. The van der Waals surface area contributed by atoms with Gasteiger partial charge in [-0.15, -0.1) is 0 Å². The zero-order valence-corrected chi connectivity index (χ0v) is 11.7. The average Bonchev–Trinajstić information content (AvgIpc) is 2.47. The quantitative estimate of drug-likeness (QED) is 0.832. The van der Waals surface area contributed by atoms with E-state index in [1.54, 1.807) is 4.90 Å². The highest BCUT2D eigenvalue weighted by Gasteiger charge is 2.30. The average molecular weight is 268 g/mol. The maximum atomic E-state index is 12.2. The first-order valence-electron chi connectivity index (χ1n) is 7.34. The lowest BCUT2D eigenvalue weighted by atomic mass is 9.93. The van der Waals surface area contributed by atoms with Gasteiger partial charge in [-0.1, -0.05) is 19.3 Å². The van der Waals surface area contributed by atoms with Crippen molar-refractivity contribution in [2.45, 2.75) is 51.0 Å². The first-order valence-corrected chi connectivity index (χ1v) is 7.34. The number of amides is 2. The highest BCUT2D eigenvalue weighted by atomic mass is 16.5. The number of methoxy groups -OCH3 is 1. The van der Waals surface area contributed by atoms with Crippen LogP contribution in [0.15, 0.2) is 0 Å². The van der Waals surface area contributed by atoms with Crippen LogP contribution in [0.3, 0.4) is 0 Å². The molecule has 0 aromatic carbocycles. The molecule has 0 aromatic rings. The third-order valence-corrected chi connectivity index (χ3v) is 4.18. The number of carbonyl (C=O) groups is 2. The number of nitrogens with zero attached hydrogens (tertiary/aromatic N) is 1. The Morgan fingerprint density at radius 2 is 1.84 bits per heavy atom. The van der Waals surface area contributed by atoms with Crippen molar-refractivity contribution in [2.75, 3.05) is 20.2 Å². The van der Waals surface area contributed by atoms with Crippen LogP contribution in [-0.4, -0.2) is 43.1 Å². The first kappa shape index (κ1) is 14.2. The van der Waals surface area contributed by atoms with Gasteiger partial charge in [-0.3, -0.25) is 4.79 Å². The lowest BCUT2D eigenvalue weighted by Crippen LogP contribution is -2.47. The minimum Gasteiger partial charge on any atom is -0.453 e. The third-order valence-electron chi connectivity index (χ3n) is 4.18. The number of rotatable bonds is 2. The zero-order chi connectivity index (χ0) is 13.7. The van der Waals surface area contributed by atoms with Crippen LogP contribution in [0.2, 0.25) is 0 Å². The Hall–Kier alpha value is -1.26. The summed E-state index contributed by atoms with van der Waals surface area (Å²) in [7, 11) is 1.38. The molecule has 1 aliphatic carbocycles. The van der Waals surface area contributed by atoms with Gasteiger partial charge in [0.25, 0.3) is 0 Å². The topological polar surface area (TPSA) is 58.6 Å². The van der Waals surface area contributed by atoms with Crippen LogP contribution in [0.4, 0.5) is 4.79 Å². The van der Waals surface area contributed by atoms with Gasteiger partial charge >= 0.3 is 6.09 Å². The predicted octanol–water partition coefficient (Wildman–Crippen LogP) is 1.91. The summed E-state index contributed by atoms with van der Waals surface area (Å²) < 4.78 is 4.72. The van der Waals surface area contributed by atoms with E-state index in [2.05, 4.69) is 5.32 Å². The summed E-state index contributed by atoms with van der Waals surface area (Å²) in [5.41, 5.74) is 0. The van der Waals surface area contributed by atoms with Gasteiger partial charge in [0.2, 0.25) is 5.91 Å². The molecule has 1 saturated heterocycles. The Labute approximate surface area is 114 Å². The van der Waals surface area contributed by atoms with E-state index >= 15 is 0 Å². The molecule has 2 rings (SSSR count). The van der Waals surface area contributed by atoms with Crippen LogP contribution in [0, 0.1) is 5.92 Å². The summed E-state index contributed by atoms with van der Waals surface area (Å²) in [4.78, 5) is 25.4. The van der Waals surface area contributed by atoms with Crippen LogP contribution in [-0.2, 0) is 9.53 Å². The van der Waals surface area contributed by atoms with Gasteiger partial charge in [0.1, 0.15) is 0 Å². The number of hydrogen-bond donors (Lipinski definition) is 1. The number of ether oxygens (including phenoxy) is 1. The molecule has 2 aliphatic rings. The van der Waals surface area contributed by atoms with Crippen molar-refractivity contribution in [3.63, 3.8) is 0 Å². The van der Waals surface area contributed by atoms with E-state index in [0.717, 1.165) is 25.7 Å². The Morgan fingerprint density at radius 1 is 1.11 bits per heavy atom. The Bertz CT molecular complexity index is 327. The largest absolute Gasteiger partial charge is 0.453 e. The molecule has 1 heterocycles. The minimum absolute atomic E-state index is 0.0743. The zero-order valence-electron chi connectivity index (χ0n) is 11.7. The molecule has 1 aliphatic heterocycles. The number of likely N-dealkylation sites (tertiary alicyclic amines) is 1. The molecular formula is C14H24N2O3. The lowest BCUT2D eigenvalue weighted by molar-refractivity contribution is -0.127. The van der Waals surface area contributed by atoms with Crippen LogP contribution in [0.25, 0.3) is 0 Å². The van der Waals surface area contributed by atoms with Crippen molar-refractivity contribution in [1.82, 2.24) is 10.2 Å². The summed E-state index contributed by atoms with van der Waals surface area (Å²) >= 11 is 0. The number of piperidine rings is 1. The standard InChI is InChI=1S/C14H24N2O3/c1-19-14(18)16-9-5-6-11(10-16)13(17)15-12-7-3-2-4-8-12/h11-12H,2-10H2,1H3,(H,15,17). The molecule has 19 heavy (non-hydrogen) atoms. The van der Waals surface area contributed by atoms with Crippen molar-refractivity contribution in [2.24, 2.45) is 5.92 Å². The van der Waals surface area contributed by atoms with Crippen molar-refractivity contribution in [3.8, 4) is 0 Å². The van der Waals surface area contributed by atoms with Gasteiger partial charge in [0, 0.05) is 19.1 Å². The van der Waals surface area contributed by atoms with Crippen molar-refractivity contribution < 1.29 is 14.3 Å². The second-order valence-electron chi connectivity index (χ2n) is 5.60. The van der Waals surface area contributed by atoms with Crippen LogP contribution < -0.4 is 5.32 Å². The Balaban J connectivity index is 1.82. The maximum Gasteiger partial charge on any atom is 0.409 e. The van der Waals surface area contributed by atoms with Crippen molar-refractivity contribution in [3.05, 3.63) is 0 Å². The summed E-state index contributed by atoms with van der Waals surface area (Å²) in [5.74, 6) is 0.0373. The number of nitrogens with one attached hydrogen (secondary N) is 1. The monoisotopic (exact) mass is 268 g/mol. The fourth-order valence-corrected chi connectivity index (χ4v) is 3.05. The molecule has 0 spiro atoms. The Morgan fingerprint density at radius 3 is 2.53 bits per heavy atom. The molecule has 0 aromatic heterocycles. The van der Waals surface area contributed by atoms with Crippen LogP contribution >= 0.6 is 0 Å². The van der Waals surface area contributed by atoms with E-state index in [9.17, 15) is 9.59 Å². The molecule has 108 valence electrons. The van der Waals surface area contributed by atoms with Gasteiger partial charge in [-0.05, 0) is 25.7 Å². The lowest BCUT2D eigenvalue weighted by Gasteiger charge is -2.32. The third kappa shape index (κ3) is 3.85. The van der Waals surface area contributed by atoms with Crippen LogP contribution in [0.5, 0.6) is 0 Å². The molecule has 1 unspecified atom stereocenters. The normalized spacial score (nSPS) is 24.9. The fraction of sp³-hybridized carbons (Fsp3) is 0.857. The molecule has 2 fully saturated rings. The van der Waals surface area contributed by atoms with Crippen molar-refractivity contribution in [1.29, 1.82) is 0 Å². The minimum atomic E-state index is -0.324. The van der Waals surface area contributed by atoms with E-state index in [0.29, 0.717) is 19.1 Å². The highest BCUT2D eigenvalue weighted by Crippen LogP contribution is 2.20. The smallest absolute Gasteiger partial charge is 0.409 e. The summed E-state index contributed by atoms with van der Waals surface area (Å²) in [6.45, 7) is 1.19. The second kappa shape index (κ2) is 6.78. The molecule has 1 saturated carbocycles. The SMILES string of the molecule is COC(=O)N1CCCC(C(=O)NC2CCCCC2)C1. The molecule has 0 radical (unpaired) electrons. The number of carbonyl (C=O) groups excluding carboxylic acids is 2. The molecule has 2 amide bonds. The summed E-state index contributed by atoms with van der Waals surface area (Å²) in [5, 5.41) is 3.15. The van der Waals surface area contributed by atoms with E-state index in [-0.39, 0.29) is 17.9 Å². The van der Waals surface area contributed by atoms with Crippen molar-refractivity contribution >= 4 is 12.0 Å². The second-order valence-corrected chi connectivity index (χ2v) is 5.60. The first-order chi connectivity index (χ1) is 9.20. The number of hydrogen-bond acceptors (Lipinski definition) is 3. The van der Waals surface area contributed by atoms with E-state index in [1.807, 2.05) is 0 Å². The summed E-state index contributed by atoms with van der Waals surface area (Å²) in [6.07, 6.45) is 7.32. The van der Waals surface area contributed by atoms with Crippen LogP contribution in [0.1, 0.15) is 44.9 Å². The Kier molecular flexibility index (Phi) is 5.05. The molecule has 1 N–H and O–H groups in total. The molecule has 1 atom stereocenters. The van der Waals surface area contributed by atoms with E-state index in [4.69, 9.17) is 4.74 Å². The van der Waals surface area contributed by atoms with Gasteiger partial charge < -0.3 is 15.0 Å². The van der Waals surface area contributed by atoms with Gasteiger partial charge in [-0.25, -0.2) is 4.79 Å². The highest BCUT2D eigenvalue weighted by molar-refractivity contribution is 5.80. The summed E-state index contributed by atoms with van der Waals surface area (Å²) in [6, 6.07) is 0.342. The predicted molar refractivity (Wildman–Crippen MR) is 71.7 cm³/mol. The molecular weight excluding hydrogens is 244 g/mol. The van der Waals surface area contributed by atoms with Gasteiger partial charge in [0.15, 0.2) is 0 Å². The van der Waals surface area contributed by atoms with Gasteiger partial charge in [-0.2, -0.15) is 0 Å². The molecule has 5 heteroatoms. The van der Waals surface area contributed by atoms with Gasteiger partial charge in [0.05, 0.1) is 13.0 Å². The fourth-order valence-electron chi connectivity index (χ4n) is 3.05. The maximum absolute atomic E-state index is 12.2. The van der Waals surface area contributed by atoms with E-state index < -0.39 is 0 Å². The van der Waals surface area contributed by atoms with E-state index in [1.165, 1.54) is 26.4 Å². The molecule has 5 nitrogen and oxygen atoms in total.